The van der Waals surface area contributed by atoms with Crippen LogP contribution in [0.2, 0.25) is 5.02 Å². The summed E-state index contributed by atoms with van der Waals surface area (Å²) < 4.78 is 26.1. The maximum atomic E-state index is 12.7. The summed E-state index contributed by atoms with van der Waals surface area (Å²) >= 11 is 5.85. The van der Waals surface area contributed by atoms with Gasteiger partial charge in [0.2, 0.25) is 6.29 Å². The SMILES string of the molecule is CC(COC(=O)OC(C)OC(=O)C(C)(C)Oc1ccc(CCNC(=O)c2ccc(Cl)cc2)cc1)NC(=O)OC(C)(C)C. The Balaban J connectivity index is 1.74. The molecule has 2 rings (SSSR count). The highest BCUT2D eigenvalue weighted by Gasteiger charge is 2.34. The summed E-state index contributed by atoms with van der Waals surface area (Å²) in [5, 5.41) is 5.94. The van der Waals surface area contributed by atoms with Gasteiger partial charge in [-0.2, -0.15) is 0 Å². The topological polar surface area (TPSA) is 138 Å². The highest BCUT2D eigenvalue weighted by atomic mass is 35.5. The molecule has 0 aliphatic rings. The molecule has 2 atom stereocenters. The van der Waals surface area contributed by atoms with E-state index in [1.165, 1.54) is 20.8 Å². The van der Waals surface area contributed by atoms with Crippen molar-refractivity contribution in [1.29, 1.82) is 0 Å². The second-order valence-corrected chi connectivity index (χ2v) is 11.4. The van der Waals surface area contributed by atoms with Gasteiger partial charge in [-0.3, -0.25) is 4.79 Å². The van der Waals surface area contributed by atoms with Gasteiger partial charge in [0.15, 0.2) is 5.60 Å². The molecule has 230 valence electrons. The molecule has 42 heavy (non-hydrogen) atoms. The zero-order valence-electron chi connectivity index (χ0n) is 24.9. The van der Waals surface area contributed by atoms with E-state index < -0.39 is 41.8 Å². The van der Waals surface area contributed by atoms with Gasteiger partial charge in [-0.25, -0.2) is 14.4 Å². The predicted molar refractivity (Wildman–Crippen MR) is 155 cm³/mol. The van der Waals surface area contributed by atoms with Gasteiger partial charge < -0.3 is 34.3 Å². The van der Waals surface area contributed by atoms with Crippen molar-refractivity contribution in [3.8, 4) is 5.75 Å². The van der Waals surface area contributed by atoms with Gasteiger partial charge in [0.1, 0.15) is 18.0 Å². The lowest BCUT2D eigenvalue weighted by Gasteiger charge is -2.26. The van der Waals surface area contributed by atoms with E-state index in [2.05, 4.69) is 10.6 Å². The molecule has 0 bridgehead atoms. The Kier molecular flexibility index (Phi) is 12.5. The van der Waals surface area contributed by atoms with Crippen molar-refractivity contribution in [3.05, 3.63) is 64.7 Å². The zero-order chi connectivity index (χ0) is 31.5. The van der Waals surface area contributed by atoms with Crippen LogP contribution in [0.3, 0.4) is 0 Å². The fraction of sp³-hybridized carbons (Fsp3) is 0.467. The molecule has 0 heterocycles. The normalized spacial score (nSPS) is 12.8. The first-order chi connectivity index (χ1) is 19.5. The maximum Gasteiger partial charge on any atom is 0.511 e. The fourth-order valence-electron chi connectivity index (χ4n) is 3.31. The Morgan fingerprint density at radius 1 is 0.881 bits per heavy atom. The molecule has 0 aromatic heterocycles. The van der Waals surface area contributed by atoms with E-state index in [0.717, 1.165) is 5.56 Å². The molecular formula is C30H39ClN2O9. The number of hydrogen-bond donors (Lipinski definition) is 2. The molecule has 2 aromatic rings. The predicted octanol–water partition coefficient (Wildman–Crippen LogP) is 5.43. The molecule has 0 saturated carbocycles. The standard InChI is InChI=1S/C30H39ClN2O9/c1-19(33-27(36)42-29(3,4)5)18-38-28(37)40-20(2)39-26(35)30(6,7)41-24-14-8-21(9-15-24)16-17-32-25(34)22-10-12-23(31)13-11-22/h8-15,19-20H,16-18H2,1-7H3,(H,32,34)(H,33,36). The molecule has 2 amide bonds. The quantitative estimate of drug-likeness (QED) is 0.184. The Labute approximate surface area is 251 Å². The van der Waals surface area contributed by atoms with Crippen molar-refractivity contribution < 1.29 is 42.9 Å². The Morgan fingerprint density at radius 2 is 1.50 bits per heavy atom. The third-order valence-corrected chi connectivity index (χ3v) is 5.60. The van der Waals surface area contributed by atoms with Crippen LogP contribution in [0, 0.1) is 0 Å². The Morgan fingerprint density at radius 3 is 2.10 bits per heavy atom. The summed E-state index contributed by atoms with van der Waals surface area (Å²) in [7, 11) is 0. The van der Waals surface area contributed by atoms with Crippen molar-refractivity contribution >= 4 is 35.7 Å². The van der Waals surface area contributed by atoms with Crippen molar-refractivity contribution in [2.24, 2.45) is 0 Å². The molecule has 2 N–H and O–H groups in total. The lowest BCUT2D eigenvalue weighted by molar-refractivity contribution is -0.183. The minimum atomic E-state index is -1.40. The lowest BCUT2D eigenvalue weighted by atomic mass is 10.1. The van der Waals surface area contributed by atoms with Crippen LogP contribution in [0.25, 0.3) is 0 Å². The van der Waals surface area contributed by atoms with Gasteiger partial charge >= 0.3 is 18.2 Å². The molecule has 2 aromatic carbocycles. The highest BCUT2D eigenvalue weighted by Crippen LogP contribution is 2.21. The number of nitrogens with one attached hydrogen (secondary N) is 2. The third-order valence-electron chi connectivity index (χ3n) is 5.34. The van der Waals surface area contributed by atoms with Crippen LogP contribution in [0.1, 0.15) is 64.4 Å². The minimum absolute atomic E-state index is 0.182. The number of rotatable bonds is 12. The number of amides is 2. The highest BCUT2D eigenvalue weighted by molar-refractivity contribution is 6.30. The van der Waals surface area contributed by atoms with Crippen molar-refractivity contribution in [2.75, 3.05) is 13.2 Å². The lowest BCUT2D eigenvalue weighted by Crippen LogP contribution is -2.42. The van der Waals surface area contributed by atoms with E-state index >= 15 is 0 Å². The number of ether oxygens (including phenoxy) is 5. The van der Waals surface area contributed by atoms with Crippen LogP contribution >= 0.6 is 11.6 Å². The smallest absolute Gasteiger partial charge is 0.476 e. The fourth-order valence-corrected chi connectivity index (χ4v) is 3.44. The number of carbonyl (C=O) groups excluding carboxylic acids is 4. The maximum absolute atomic E-state index is 12.7. The van der Waals surface area contributed by atoms with E-state index in [9.17, 15) is 19.2 Å². The molecule has 12 heteroatoms. The van der Waals surface area contributed by atoms with Crippen LogP contribution in [0.4, 0.5) is 9.59 Å². The van der Waals surface area contributed by atoms with E-state index in [1.807, 2.05) is 12.1 Å². The third kappa shape index (κ3) is 12.7. The van der Waals surface area contributed by atoms with Crippen LogP contribution < -0.4 is 15.4 Å². The summed E-state index contributed by atoms with van der Waals surface area (Å²) in [5.41, 5.74) is -0.586. The van der Waals surface area contributed by atoms with Crippen LogP contribution in [-0.2, 0) is 30.2 Å². The molecule has 0 fully saturated rings. The molecule has 11 nitrogen and oxygen atoms in total. The second-order valence-electron chi connectivity index (χ2n) is 11.0. The molecule has 0 radical (unpaired) electrons. The van der Waals surface area contributed by atoms with Crippen LogP contribution in [0.15, 0.2) is 48.5 Å². The number of hydrogen-bond acceptors (Lipinski definition) is 9. The first kappa shape index (κ1) is 34.2. The van der Waals surface area contributed by atoms with Gasteiger partial charge in [0.05, 0.1) is 6.04 Å². The monoisotopic (exact) mass is 606 g/mol. The molecule has 0 spiro atoms. The van der Waals surface area contributed by atoms with Gasteiger partial charge in [0.25, 0.3) is 5.91 Å². The number of alkyl carbamates (subject to hydrolysis) is 1. The zero-order valence-corrected chi connectivity index (χ0v) is 25.7. The van der Waals surface area contributed by atoms with Crippen molar-refractivity contribution in [2.45, 2.75) is 78.4 Å². The molecule has 0 aliphatic carbocycles. The summed E-state index contributed by atoms with van der Waals surface area (Å²) in [6.07, 6.45) is -2.39. The van der Waals surface area contributed by atoms with E-state index in [4.69, 9.17) is 35.3 Å². The van der Waals surface area contributed by atoms with E-state index in [0.29, 0.717) is 29.3 Å². The number of halogens is 1. The van der Waals surface area contributed by atoms with Crippen molar-refractivity contribution in [1.82, 2.24) is 10.6 Å². The van der Waals surface area contributed by atoms with E-state index in [-0.39, 0.29) is 12.5 Å². The van der Waals surface area contributed by atoms with Crippen LogP contribution in [0.5, 0.6) is 5.75 Å². The van der Waals surface area contributed by atoms with Gasteiger partial charge in [-0.05, 0) is 89.9 Å². The average Bonchev–Trinajstić information content (AvgIpc) is 2.87. The number of benzene rings is 2. The van der Waals surface area contributed by atoms with Crippen LogP contribution in [-0.4, -0.2) is 60.8 Å². The second kappa shape index (κ2) is 15.3. The van der Waals surface area contributed by atoms with Gasteiger partial charge in [0, 0.05) is 24.1 Å². The number of esters is 1. The molecular weight excluding hydrogens is 568 g/mol. The van der Waals surface area contributed by atoms with Gasteiger partial charge in [-0.1, -0.05) is 23.7 Å². The number of carbonyl (C=O) groups is 4. The Bertz CT molecular complexity index is 1210. The molecule has 0 aliphatic heterocycles. The average molecular weight is 607 g/mol. The minimum Gasteiger partial charge on any atom is -0.476 e. The largest absolute Gasteiger partial charge is 0.511 e. The summed E-state index contributed by atoms with van der Waals surface area (Å²) in [4.78, 5) is 48.7. The molecule has 2 unspecified atom stereocenters. The van der Waals surface area contributed by atoms with Crippen molar-refractivity contribution in [3.63, 3.8) is 0 Å². The first-order valence-corrected chi connectivity index (χ1v) is 13.8. The van der Waals surface area contributed by atoms with E-state index in [1.54, 1.807) is 64.1 Å². The summed E-state index contributed by atoms with van der Waals surface area (Å²) in [5.74, 6) is -0.537. The van der Waals surface area contributed by atoms with Gasteiger partial charge in [-0.15, -0.1) is 0 Å². The summed E-state index contributed by atoms with van der Waals surface area (Å²) in [6.45, 7) is 11.4. The first-order valence-electron chi connectivity index (χ1n) is 13.4. The molecule has 0 saturated heterocycles. The Hall–Kier alpha value is -3.99. The summed E-state index contributed by atoms with van der Waals surface area (Å²) in [6, 6.07) is 13.1.